The molecule has 32 heavy (non-hydrogen) atoms. The molecule has 1 fully saturated rings. The van der Waals surface area contributed by atoms with Crippen molar-refractivity contribution in [1.29, 1.82) is 0 Å². The monoisotopic (exact) mass is 451 g/mol. The number of nitrogens with zero attached hydrogens (tertiary/aromatic N) is 3. The summed E-state index contributed by atoms with van der Waals surface area (Å²) in [6.45, 7) is 5.33. The van der Waals surface area contributed by atoms with E-state index >= 15 is 0 Å². The van der Waals surface area contributed by atoms with Crippen molar-refractivity contribution >= 4 is 28.1 Å². The molecule has 0 saturated carbocycles. The van der Waals surface area contributed by atoms with Crippen LogP contribution in [0.4, 0.5) is 10.8 Å². The Labute approximate surface area is 193 Å². The highest BCUT2D eigenvalue weighted by molar-refractivity contribution is 7.14. The first kappa shape index (κ1) is 22.3. The SMILES string of the molecule is COc1ccc(OC)c(C2CCCN2Cc2csc(N(C(C)=O)c3ccc(C)cc3)n2)c1. The zero-order valence-electron chi connectivity index (χ0n) is 19.0. The summed E-state index contributed by atoms with van der Waals surface area (Å²) in [7, 11) is 3.39. The molecule has 0 spiro atoms. The molecule has 0 radical (unpaired) electrons. The first-order valence-electron chi connectivity index (χ1n) is 10.8. The molecule has 1 aromatic heterocycles. The van der Waals surface area contributed by atoms with Crippen LogP contribution in [0.2, 0.25) is 0 Å². The topological polar surface area (TPSA) is 54.9 Å². The fraction of sp³-hybridized carbons (Fsp3) is 0.360. The van der Waals surface area contributed by atoms with E-state index in [1.807, 2.05) is 43.3 Å². The van der Waals surface area contributed by atoms with Crippen molar-refractivity contribution in [1.82, 2.24) is 9.88 Å². The predicted molar refractivity (Wildman–Crippen MR) is 128 cm³/mol. The van der Waals surface area contributed by atoms with Crippen LogP contribution >= 0.6 is 11.3 Å². The molecule has 7 heteroatoms. The largest absolute Gasteiger partial charge is 0.497 e. The van der Waals surface area contributed by atoms with Gasteiger partial charge in [-0.05, 0) is 56.6 Å². The van der Waals surface area contributed by atoms with Gasteiger partial charge in [0.25, 0.3) is 0 Å². The second-order valence-corrected chi connectivity index (χ2v) is 8.88. The highest BCUT2D eigenvalue weighted by Gasteiger charge is 2.29. The summed E-state index contributed by atoms with van der Waals surface area (Å²) in [4.78, 5) is 21.3. The molecule has 6 nitrogen and oxygen atoms in total. The van der Waals surface area contributed by atoms with E-state index in [0.717, 1.165) is 59.9 Å². The van der Waals surface area contributed by atoms with E-state index in [0.29, 0.717) is 5.13 Å². The van der Waals surface area contributed by atoms with Gasteiger partial charge in [-0.2, -0.15) is 0 Å². The van der Waals surface area contributed by atoms with Crippen LogP contribution in [0.5, 0.6) is 11.5 Å². The number of aromatic nitrogens is 1. The molecule has 0 N–H and O–H groups in total. The lowest BCUT2D eigenvalue weighted by Gasteiger charge is -2.26. The average Bonchev–Trinajstić information content (AvgIpc) is 3.44. The number of methoxy groups -OCH3 is 2. The first-order chi connectivity index (χ1) is 15.5. The highest BCUT2D eigenvalue weighted by Crippen LogP contribution is 2.40. The molecule has 2 heterocycles. The summed E-state index contributed by atoms with van der Waals surface area (Å²) in [5, 5.41) is 2.75. The Hall–Kier alpha value is -2.90. The Morgan fingerprint density at radius 1 is 1.19 bits per heavy atom. The van der Waals surface area contributed by atoms with Crippen LogP contribution in [0.1, 0.15) is 42.6 Å². The normalized spacial score (nSPS) is 16.2. The van der Waals surface area contributed by atoms with Gasteiger partial charge in [0.15, 0.2) is 5.13 Å². The van der Waals surface area contributed by atoms with Gasteiger partial charge >= 0.3 is 0 Å². The summed E-state index contributed by atoms with van der Waals surface area (Å²) in [6.07, 6.45) is 2.18. The first-order valence-corrected chi connectivity index (χ1v) is 11.7. The molecule has 3 aromatic rings. The van der Waals surface area contributed by atoms with Gasteiger partial charge in [-0.25, -0.2) is 4.98 Å². The number of hydrogen-bond acceptors (Lipinski definition) is 6. The smallest absolute Gasteiger partial charge is 0.230 e. The second kappa shape index (κ2) is 9.71. The molecule has 168 valence electrons. The maximum atomic E-state index is 12.4. The summed E-state index contributed by atoms with van der Waals surface area (Å²) >= 11 is 1.50. The Kier molecular flexibility index (Phi) is 6.77. The number of carbonyl (C=O) groups is 1. The lowest BCUT2D eigenvalue weighted by molar-refractivity contribution is -0.115. The van der Waals surface area contributed by atoms with Crippen molar-refractivity contribution in [3.63, 3.8) is 0 Å². The fourth-order valence-corrected chi connectivity index (χ4v) is 5.15. The molecule has 1 amide bonds. The van der Waals surface area contributed by atoms with Crippen LogP contribution in [-0.2, 0) is 11.3 Å². The number of rotatable bonds is 7. The molecule has 1 aliphatic heterocycles. The number of hydrogen-bond donors (Lipinski definition) is 0. The zero-order chi connectivity index (χ0) is 22.7. The standard InChI is InChI=1S/C25H29N3O3S/c1-17-7-9-20(10-8-17)28(18(2)29)25-26-19(16-32-25)15-27-13-5-6-23(27)22-14-21(30-3)11-12-24(22)31-4/h7-12,14,16,23H,5-6,13,15H2,1-4H3. The number of ether oxygens (including phenoxy) is 2. The molecule has 0 aliphatic carbocycles. The lowest BCUT2D eigenvalue weighted by atomic mass is 10.0. The third-order valence-electron chi connectivity index (χ3n) is 5.86. The summed E-state index contributed by atoms with van der Waals surface area (Å²) < 4.78 is 11.1. The van der Waals surface area contributed by atoms with Crippen LogP contribution < -0.4 is 14.4 Å². The number of aryl methyl sites for hydroxylation is 1. The quantitative estimate of drug-likeness (QED) is 0.475. The van der Waals surface area contributed by atoms with Crippen LogP contribution in [0.25, 0.3) is 0 Å². The van der Waals surface area contributed by atoms with Gasteiger partial charge in [-0.1, -0.05) is 17.7 Å². The van der Waals surface area contributed by atoms with Gasteiger partial charge in [-0.3, -0.25) is 14.6 Å². The van der Waals surface area contributed by atoms with Crippen molar-refractivity contribution in [3.05, 3.63) is 64.7 Å². The fourth-order valence-electron chi connectivity index (χ4n) is 4.27. The van der Waals surface area contributed by atoms with E-state index in [1.54, 1.807) is 26.0 Å². The van der Waals surface area contributed by atoms with Gasteiger partial charge in [0.2, 0.25) is 5.91 Å². The molecule has 2 aromatic carbocycles. The van der Waals surface area contributed by atoms with E-state index in [2.05, 4.69) is 16.3 Å². The van der Waals surface area contributed by atoms with Gasteiger partial charge in [0.05, 0.1) is 25.6 Å². The number of carbonyl (C=O) groups excluding carboxylic acids is 1. The lowest BCUT2D eigenvalue weighted by Crippen LogP contribution is -2.24. The number of anilines is 2. The van der Waals surface area contributed by atoms with E-state index in [9.17, 15) is 4.79 Å². The molecule has 1 unspecified atom stereocenters. The van der Waals surface area contributed by atoms with Gasteiger partial charge in [0.1, 0.15) is 11.5 Å². The summed E-state index contributed by atoms with van der Waals surface area (Å²) in [6, 6.07) is 14.2. The number of benzene rings is 2. The maximum Gasteiger partial charge on any atom is 0.230 e. The molecule has 4 rings (SSSR count). The average molecular weight is 452 g/mol. The molecular formula is C25H29N3O3S. The molecule has 1 atom stereocenters. The van der Waals surface area contributed by atoms with E-state index in [4.69, 9.17) is 14.5 Å². The second-order valence-electron chi connectivity index (χ2n) is 8.05. The Bertz CT molecular complexity index is 1080. The minimum absolute atomic E-state index is 0.0464. The Balaban J connectivity index is 1.56. The third kappa shape index (κ3) is 4.64. The Morgan fingerprint density at radius 2 is 1.97 bits per heavy atom. The van der Waals surface area contributed by atoms with Crippen LogP contribution in [0.15, 0.2) is 47.8 Å². The van der Waals surface area contributed by atoms with E-state index in [1.165, 1.54) is 11.3 Å². The number of amides is 1. The molecule has 1 saturated heterocycles. The maximum absolute atomic E-state index is 12.4. The summed E-state index contributed by atoms with van der Waals surface area (Å²) in [5.41, 5.74) is 4.11. The molecule has 0 bridgehead atoms. The van der Waals surface area contributed by atoms with Crippen molar-refractivity contribution in [2.75, 3.05) is 25.7 Å². The van der Waals surface area contributed by atoms with Crippen molar-refractivity contribution in [2.45, 2.75) is 39.3 Å². The Morgan fingerprint density at radius 3 is 2.66 bits per heavy atom. The highest BCUT2D eigenvalue weighted by atomic mass is 32.1. The van der Waals surface area contributed by atoms with E-state index in [-0.39, 0.29) is 11.9 Å². The number of thiazole rings is 1. The van der Waals surface area contributed by atoms with Gasteiger partial charge in [-0.15, -0.1) is 11.3 Å². The summed E-state index contributed by atoms with van der Waals surface area (Å²) in [5.74, 6) is 1.66. The van der Waals surface area contributed by atoms with Gasteiger partial charge in [0, 0.05) is 30.5 Å². The minimum atomic E-state index is -0.0464. The number of likely N-dealkylation sites (tertiary alicyclic amines) is 1. The van der Waals surface area contributed by atoms with E-state index < -0.39 is 0 Å². The van der Waals surface area contributed by atoms with Crippen LogP contribution in [0, 0.1) is 6.92 Å². The van der Waals surface area contributed by atoms with Gasteiger partial charge < -0.3 is 9.47 Å². The van der Waals surface area contributed by atoms with Crippen molar-refractivity contribution in [3.8, 4) is 11.5 Å². The van der Waals surface area contributed by atoms with Crippen LogP contribution in [-0.4, -0.2) is 36.6 Å². The van der Waals surface area contributed by atoms with Crippen molar-refractivity contribution in [2.24, 2.45) is 0 Å². The predicted octanol–water partition coefficient (Wildman–Crippen LogP) is 5.49. The van der Waals surface area contributed by atoms with Crippen molar-refractivity contribution < 1.29 is 14.3 Å². The third-order valence-corrected chi connectivity index (χ3v) is 6.74. The minimum Gasteiger partial charge on any atom is -0.497 e. The van der Waals surface area contributed by atoms with Crippen LogP contribution in [0.3, 0.4) is 0 Å². The molecule has 1 aliphatic rings. The zero-order valence-corrected chi connectivity index (χ0v) is 19.8. The molecular weight excluding hydrogens is 422 g/mol.